The van der Waals surface area contributed by atoms with Crippen molar-refractivity contribution in [1.29, 1.82) is 0 Å². The first kappa shape index (κ1) is 12.6. The average molecular weight is 253 g/mol. The maximum atomic E-state index is 12.0. The topological polar surface area (TPSA) is 72.9 Å². The van der Waals surface area contributed by atoms with Crippen molar-refractivity contribution < 1.29 is 23.9 Å². The summed E-state index contributed by atoms with van der Waals surface area (Å²) in [5.74, 6) is -1.77. The highest BCUT2D eigenvalue weighted by molar-refractivity contribution is 6.14. The molecule has 6 heteroatoms. The molecule has 2 aliphatic rings. The molecule has 2 heterocycles. The number of carbonyl (C=O) groups excluding carboxylic acids is 3. The molecule has 98 valence electrons. The number of ether oxygens (including phenoxy) is 2. The van der Waals surface area contributed by atoms with E-state index in [-0.39, 0.29) is 18.4 Å². The molecule has 0 bridgehead atoms. The third-order valence-corrected chi connectivity index (χ3v) is 3.68. The molecule has 0 spiro atoms. The molecule has 0 aliphatic carbocycles. The summed E-state index contributed by atoms with van der Waals surface area (Å²) in [4.78, 5) is 37.1. The zero-order valence-corrected chi connectivity index (χ0v) is 10.6. The summed E-state index contributed by atoms with van der Waals surface area (Å²) in [6.07, 6.45) is 2.52. The van der Waals surface area contributed by atoms with Gasteiger partial charge in [-0.25, -0.2) is 9.59 Å². The van der Waals surface area contributed by atoms with Crippen LogP contribution >= 0.6 is 0 Å². The highest BCUT2D eigenvalue weighted by Gasteiger charge is 2.67. The first-order valence-corrected chi connectivity index (χ1v) is 5.71. The van der Waals surface area contributed by atoms with E-state index in [0.29, 0.717) is 12.0 Å². The molecule has 0 N–H and O–H groups in total. The average Bonchev–Trinajstić information content (AvgIpc) is 2.74. The molecular formula is C12H15NO5. The minimum Gasteiger partial charge on any atom is -0.467 e. The third kappa shape index (κ3) is 1.26. The van der Waals surface area contributed by atoms with Crippen molar-refractivity contribution in [1.82, 2.24) is 4.90 Å². The lowest BCUT2D eigenvalue weighted by molar-refractivity contribution is -0.177. The smallest absolute Gasteiger partial charge is 0.343 e. The van der Waals surface area contributed by atoms with Gasteiger partial charge in [-0.15, -0.1) is 0 Å². The van der Waals surface area contributed by atoms with E-state index in [9.17, 15) is 14.4 Å². The predicted octanol–water partition coefficient (Wildman–Crippen LogP) is 0.0221. The van der Waals surface area contributed by atoms with Crippen molar-refractivity contribution >= 4 is 17.8 Å². The van der Waals surface area contributed by atoms with Crippen LogP contribution in [0.5, 0.6) is 0 Å². The summed E-state index contributed by atoms with van der Waals surface area (Å²) in [7, 11) is 2.39. The number of allylic oxidation sites excluding steroid dienone is 1. The molecule has 6 nitrogen and oxygen atoms in total. The Morgan fingerprint density at radius 1 is 1.33 bits per heavy atom. The number of methoxy groups -OCH3 is 2. The molecule has 2 saturated heterocycles. The van der Waals surface area contributed by atoms with Gasteiger partial charge in [0.15, 0.2) is 0 Å². The van der Waals surface area contributed by atoms with Crippen molar-refractivity contribution in [2.24, 2.45) is 0 Å². The quantitative estimate of drug-likeness (QED) is 0.300. The van der Waals surface area contributed by atoms with Crippen molar-refractivity contribution in [3.63, 3.8) is 0 Å². The van der Waals surface area contributed by atoms with E-state index in [1.165, 1.54) is 19.1 Å². The lowest BCUT2D eigenvalue weighted by Crippen LogP contribution is -2.67. The number of β-lactam (4-membered cyclic amide) rings is 1. The van der Waals surface area contributed by atoms with E-state index in [1.807, 2.05) is 0 Å². The second kappa shape index (κ2) is 4.12. The summed E-state index contributed by atoms with van der Waals surface area (Å²) >= 11 is 0. The molecule has 2 rings (SSSR count). The monoisotopic (exact) mass is 253 g/mol. The molecule has 18 heavy (non-hydrogen) atoms. The SMILES string of the molecule is C/C=C1\C(=O)N2[C@@H]1CCC2(C(=O)OC)C(=O)OC. The van der Waals surface area contributed by atoms with Gasteiger partial charge in [-0.3, -0.25) is 4.79 Å². The lowest BCUT2D eigenvalue weighted by Gasteiger charge is -2.44. The van der Waals surface area contributed by atoms with Gasteiger partial charge >= 0.3 is 11.9 Å². The fourth-order valence-electron chi connectivity index (χ4n) is 2.82. The number of rotatable bonds is 2. The molecule has 1 amide bonds. The molecule has 0 aromatic rings. The summed E-state index contributed by atoms with van der Waals surface area (Å²) < 4.78 is 9.35. The van der Waals surface area contributed by atoms with Crippen LogP contribution in [0.25, 0.3) is 0 Å². The Bertz CT molecular complexity index is 437. The maximum absolute atomic E-state index is 12.0. The summed E-state index contributed by atoms with van der Waals surface area (Å²) in [5.41, 5.74) is -0.956. The standard InChI is InChI=1S/C12H15NO5/c1-4-7-8-5-6-12(10(15)17-2,11(16)18-3)13(8)9(7)14/h4,8H,5-6H2,1-3H3/b7-4-/t8-/m1/s1. The van der Waals surface area contributed by atoms with Crippen LogP contribution in [0, 0.1) is 0 Å². The molecule has 0 unspecified atom stereocenters. The van der Waals surface area contributed by atoms with Gasteiger partial charge in [0.1, 0.15) is 0 Å². The van der Waals surface area contributed by atoms with Gasteiger partial charge in [0.05, 0.1) is 20.3 Å². The molecule has 0 aromatic carbocycles. The van der Waals surface area contributed by atoms with Gasteiger partial charge in [-0.1, -0.05) is 6.08 Å². The van der Waals surface area contributed by atoms with Crippen LogP contribution in [0.2, 0.25) is 0 Å². The Balaban J connectivity index is 2.43. The molecule has 2 aliphatic heterocycles. The van der Waals surface area contributed by atoms with Crippen molar-refractivity contribution in [2.45, 2.75) is 31.3 Å². The largest absolute Gasteiger partial charge is 0.467 e. The van der Waals surface area contributed by atoms with Crippen LogP contribution in [0.3, 0.4) is 0 Å². The Hall–Kier alpha value is -1.85. The number of nitrogens with zero attached hydrogens (tertiary/aromatic N) is 1. The number of carbonyl (C=O) groups is 3. The first-order valence-electron chi connectivity index (χ1n) is 5.71. The highest BCUT2D eigenvalue weighted by atomic mass is 16.5. The van der Waals surface area contributed by atoms with Gasteiger partial charge in [-0.05, 0) is 19.8 Å². The van der Waals surface area contributed by atoms with Gasteiger partial charge in [0.25, 0.3) is 5.91 Å². The van der Waals surface area contributed by atoms with Crippen LogP contribution in [0.1, 0.15) is 19.8 Å². The number of hydrogen-bond donors (Lipinski definition) is 0. The summed E-state index contributed by atoms with van der Waals surface area (Å²) in [6.45, 7) is 1.76. The third-order valence-electron chi connectivity index (χ3n) is 3.68. The molecule has 0 saturated carbocycles. The van der Waals surface area contributed by atoms with E-state index in [2.05, 4.69) is 9.47 Å². The molecule has 1 atom stereocenters. The van der Waals surface area contributed by atoms with E-state index in [0.717, 1.165) is 0 Å². The van der Waals surface area contributed by atoms with Crippen molar-refractivity contribution in [2.75, 3.05) is 14.2 Å². The van der Waals surface area contributed by atoms with Gasteiger partial charge < -0.3 is 14.4 Å². The van der Waals surface area contributed by atoms with E-state index >= 15 is 0 Å². The van der Waals surface area contributed by atoms with Crippen LogP contribution in [0.4, 0.5) is 0 Å². The number of fused-ring (bicyclic) bond motifs is 1. The van der Waals surface area contributed by atoms with Crippen LogP contribution in [-0.4, -0.2) is 48.5 Å². The zero-order chi connectivity index (χ0) is 13.5. The van der Waals surface area contributed by atoms with Gasteiger partial charge in [0, 0.05) is 5.57 Å². The predicted molar refractivity (Wildman–Crippen MR) is 60.4 cm³/mol. The van der Waals surface area contributed by atoms with E-state index in [4.69, 9.17) is 0 Å². The van der Waals surface area contributed by atoms with Crippen LogP contribution in [-0.2, 0) is 23.9 Å². The Kier molecular flexibility index (Phi) is 2.88. The second-order valence-electron chi connectivity index (χ2n) is 4.32. The van der Waals surface area contributed by atoms with Crippen LogP contribution < -0.4 is 0 Å². The summed E-state index contributed by atoms with van der Waals surface area (Å²) in [6, 6.07) is -0.180. The van der Waals surface area contributed by atoms with Crippen molar-refractivity contribution in [3.8, 4) is 0 Å². The molecule has 0 aromatic heterocycles. The Morgan fingerprint density at radius 2 is 1.89 bits per heavy atom. The molecule has 0 radical (unpaired) electrons. The Morgan fingerprint density at radius 3 is 2.33 bits per heavy atom. The van der Waals surface area contributed by atoms with Crippen molar-refractivity contribution in [3.05, 3.63) is 11.6 Å². The fraction of sp³-hybridized carbons (Fsp3) is 0.583. The Labute approximate surface area is 105 Å². The minimum absolute atomic E-state index is 0.180. The lowest BCUT2D eigenvalue weighted by atomic mass is 9.92. The van der Waals surface area contributed by atoms with Gasteiger partial charge in [0.2, 0.25) is 5.54 Å². The maximum Gasteiger partial charge on any atom is 0.343 e. The van der Waals surface area contributed by atoms with E-state index in [1.54, 1.807) is 13.0 Å². The normalized spacial score (nSPS) is 26.6. The van der Waals surface area contributed by atoms with Crippen LogP contribution in [0.15, 0.2) is 11.6 Å². The minimum atomic E-state index is -1.60. The number of amides is 1. The first-order chi connectivity index (χ1) is 8.54. The number of hydrogen-bond acceptors (Lipinski definition) is 5. The zero-order valence-electron chi connectivity index (χ0n) is 10.6. The number of esters is 2. The summed E-state index contributed by atoms with van der Waals surface area (Å²) in [5, 5.41) is 0. The van der Waals surface area contributed by atoms with E-state index < -0.39 is 17.5 Å². The highest BCUT2D eigenvalue weighted by Crippen LogP contribution is 2.46. The molecular weight excluding hydrogens is 238 g/mol. The fourth-order valence-corrected chi connectivity index (χ4v) is 2.82. The molecule has 2 fully saturated rings. The second-order valence-corrected chi connectivity index (χ2v) is 4.32. The van der Waals surface area contributed by atoms with Gasteiger partial charge in [-0.2, -0.15) is 0 Å².